The molecule has 0 fully saturated rings. The fraction of sp³-hybridized carbons (Fsp3) is 0.500. The zero-order chi connectivity index (χ0) is 19.5. The van der Waals surface area contributed by atoms with Gasteiger partial charge in [0, 0.05) is 6.42 Å². The first-order chi connectivity index (χ1) is 12.6. The third kappa shape index (κ3) is 15.3. The van der Waals surface area contributed by atoms with Crippen LogP contribution in [-0.4, -0.2) is 22.6 Å². The molecule has 0 aliphatic rings. The fourth-order valence-electron chi connectivity index (χ4n) is 2.27. The molecule has 0 atom stereocenters. The smallest absolute Gasteiger partial charge is 0.380 e. The molecule has 0 unspecified atom stereocenters. The molecule has 0 aromatic heterocycles. The van der Waals surface area contributed by atoms with Crippen LogP contribution in [0.3, 0.4) is 0 Å². The number of ketones is 2. The Kier molecular flexibility index (Phi) is 16.1. The van der Waals surface area contributed by atoms with Crippen LogP contribution in [0.4, 0.5) is 0 Å². The van der Waals surface area contributed by atoms with Crippen LogP contribution in [0.25, 0.3) is 0 Å². The van der Waals surface area contributed by atoms with Crippen molar-refractivity contribution in [1.82, 2.24) is 0 Å². The minimum Gasteiger partial charge on any atom is -0.475 e. The van der Waals surface area contributed by atoms with Crippen LogP contribution in [0, 0.1) is 0 Å². The Morgan fingerprint density at radius 2 is 1.19 bits per heavy atom. The predicted molar refractivity (Wildman–Crippen MR) is 106 cm³/mol. The molecule has 4 heteroatoms. The molecule has 0 aromatic rings. The molecular formula is C22H32O4. The summed E-state index contributed by atoms with van der Waals surface area (Å²) in [6.45, 7) is 2.24. The number of hydrogen-bond acceptors (Lipinski definition) is 3. The van der Waals surface area contributed by atoms with Gasteiger partial charge >= 0.3 is 11.8 Å². The molecule has 1 N–H and O–H groups in total. The number of carbonyl (C=O) groups excluding carboxylic acids is 2. The number of carboxylic acid groups (broad SMARTS) is 1. The van der Waals surface area contributed by atoms with E-state index in [1.165, 1.54) is 44.9 Å². The van der Waals surface area contributed by atoms with Gasteiger partial charge in [0.1, 0.15) is 0 Å². The van der Waals surface area contributed by atoms with Crippen molar-refractivity contribution >= 4 is 17.5 Å². The van der Waals surface area contributed by atoms with Crippen molar-refractivity contribution in [2.75, 3.05) is 0 Å². The summed E-state index contributed by atoms with van der Waals surface area (Å²) in [4.78, 5) is 32.3. The average Bonchev–Trinajstić information content (AvgIpc) is 2.63. The molecule has 144 valence electrons. The molecule has 0 spiro atoms. The first-order valence-corrected chi connectivity index (χ1v) is 9.55. The molecule has 0 aliphatic heterocycles. The molecule has 0 radical (unpaired) electrons. The Labute approximate surface area is 157 Å². The van der Waals surface area contributed by atoms with E-state index in [0.29, 0.717) is 6.42 Å². The first-order valence-electron chi connectivity index (χ1n) is 9.55. The van der Waals surface area contributed by atoms with Crippen molar-refractivity contribution < 1.29 is 19.5 Å². The summed E-state index contributed by atoms with van der Waals surface area (Å²) >= 11 is 0. The average molecular weight is 360 g/mol. The number of hydrogen-bond donors (Lipinski definition) is 1. The Morgan fingerprint density at radius 3 is 1.77 bits per heavy atom. The summed E-state index contributed by atoms with van der Waals surface area (Å²) in [6, 6.07) is 0. The standard InChI is InChI=1S/C22H32O4/c1-2-3-4-5-6-7-8-9-10-11-12-13-14-15-16-17-18-19-20(23)21(24)22(25)26/h10-17H,2-9,18-19H2,1H3,(H,25,26). The minimum atomic E-state index is -1.69. The number of unbranched alkanes of at least 4 members (excludes halogenated alkanes) is 7. The highest BCUT2D eigenvalue weighted by atomic mass is 16.4. The number of allylic oxidation sites excluding steroid dienone is 8. The van der Waals surface area contributed by atoms with Gasteiger partial charge in [0.2, 0.25) is 5.78 Å². The Bertz CT molecular complexity index is 524. The zero-order valence-corrected chi connectivity index (χ0v) is 15.9. The maximum absolute atomic E-state index is 11.1. The summed E-state index contributed by atoms with van der Waals surface area (Å²) in [7, 11) is 0. The van der Waals surface area contributed by atoms with Gasteiger partial charge < -0.3 is 5.11 Å². The van der Waals surface area contributed by atoms with E-state index < -0.39 is 17.5 Å². The van der Waals surface area contributed by atoms with Crippen LogP contribution in [0.1, 0.15) is 71.1 Å². The van der Waals surface area contributed by atoms with Crippen molar-refractivity contribution in [2.45, 2.75) is 71.1 Å². The van der Waals surface area contributed by atoms with Crippen LogP contribution in [0.15, 0.2) is 48.6 Å². The second-order valence-corrected chi connectivity index (χ2v) is 6.13. The van der Waals surface area contributed by atoms with Gasteiger partial charge in [-0.05, 0) is 19.3 Å². The summed E-state index contributed by atoms with van der Waals surface area (Å²) in [5, 5.41) is 8.38. The SMILES string of the molecule is CCCCCCCCCC=CC=CC=CC=CCCC(=O)C(=O)C(=O)O. The summed E-state index contributed by atoms with van der Waals surface area (Å²) in [6.07, 6.45) is 26.0. The van der Waals surface area contributed by atoms with Crippen molar-refractivity contribution in [2.24, 2.45) is 0 Å². The Morgan fingerprint density at radius 1 is 0.692 bits per heavy atom. The van der Waals surface area contributed by atoms with Gasteiger partial charge in [-0.15, -0.1) is 0 Å². The summed E-state index contributed by atoms with van der Waals surface area (Å²) in [5.41, 5.74) is 0. The molecule has 0 aromatic carbocycles. The lowest BCUT2D eigenvalue weighted by Gasteiger charge is -1.98. The Balaban J connectivity index is 3.64. The highest BCUT2D eigenvalue weighted by Gasteiger charge is 2.20. The fourth-order valence-corrected chi connectivity index (χ4v) is 2.27. The lowest BCUT2D eigenvalue weighted by Crippen LogP contribution is -2.22. The van der Waals surface area contributed by atoms with Gasteiger partial charge in [0.15, 0.2) is 0 Å². The normalized spacial score (nSPS) is 12.0. The highest BCUT2D eigenvalue weighted by Crippen LogP contribution is 2.08. The van der Waals surface area contributed by atoms with Gasteiger partial charge in [0.25, 0.3) is 0 Å². The molecule has 26 heavy (non-hydrogen) atoms. The van der Waals surface area contributed by atoms with Gasteiger partial charge in [-0.25, -0.2) is 4.79 Å². The molecule has 0 saturated heterocycles. The second kappa shape index (κ2) is 17.6. The van der Waals surface area contributed by atoms with E-state index in [2.05, 4.69) is 13.0 Å². The lowest BCUT2D eigenvalue weighted by molar-refractivity contribution is -0.152. The van der Waals surface area contributed by atoms with Crippen molar-refractivity contribution in [1.29, 1.82) is 0 Å². The molecule has 0 amide bonds. The monoisotopic (exact) mass is 360 g/mol. The number of aliphatic carboxylic acids is 1. The van der Waals surface area contributed by atoms with Crippen molar-refractivity contribution in [3.05, 3.63) is 48.6 Å². The molecule has 0 saturated carbocycles. The maximum atomic E-state index is 11.1. The maximum Gasteiger partial charge on any atom is 0.380 e. The zero-order valence-electron chi connectivity index (χ0n) is 15.9. The van der Waals surface area contributed by atoms with Gasteiger partial charge in [-0.3, -0.25) is 9.59 Å². The molecule has 0 bridgehead atoms. The molecule has 0 heterocycles. The van der Waals surface area contributed by atoms with E-state index in [4.69, 9.17) is 5.11 Å². The van der Waals surface area contributed by atoms with Crippen molar-refractivity contribution in [3.8, 4) is 0 Å². The largest absolute Gasteiger partial charge is 0.475 e. The van der Waals surface area contributed by atoms with E-state index in [0.717, 1.165) is 6.42 Å². The second-order valence-electron chi connectivity index (χ2n) is 6.13. The van der Waals surface area contributed by atoms with E-state index in [9.17, 15) is 14.4 Å². The number of carbonyl (C=O) groups is 3. The Hall–Kier alpha value is -2.23. The van der Waals surface area contributed by atoms with E-state index >= 15 is 0 Å². The first kappa shape index (κ1) is 23.8. The summed E-state index contributed by atoms with van der Waals surface area (Å²) in [5.74, 6) is -3.90. The van der Waals surface area contributed by atoms with Crippen LogP contribution < -0.4 is 0 Å². The van der Waals surface area contributed by atoms with E-state index in [1.807, 2.05) is 30.4 Å². The van der Waals surface area contributed by atoms with Crippen LogP contribution in [0.5, 0.6) is 0 Å². The molecular weight excluding hydrogens is 328 g/mol. The van der Waals surface area contributed by atoms with Crippen LogP contribution in [-0.2, 0) is 14.4 Å². The van der Waals surface area contributed by atoms with Gasteiger partial charge in [-0.2, -0.15) is 0 Å². The van der Waals surface area contributed by atoms with Crippen molar-refractivity contribution in [3.63, 3.8) is 0 Å². The van der Waals surface area contributed by atoms with Gasteiger partial charge in [0.05, 0.1) is 0 Å². The topological polar surface area (TPSA) is 71.4 Å². The molecule has 0 aliphatic carbocycles. The van der Waals surface area contributed by atoms with Crippen LogP contribution >= 0.6 is 0 Å². The van der Waals surface area contributed by atoms with Gasteiger partial charge in [-0.1, -0.05) is 94.1 Å². The number of Topliss-reactive ketones (excluding diaryl/α,β-unsaturated/α-hetero) is 2. The predicted octanol–water partition coefficient (Wildman–Crippen LogP) is 5.35. The summed E-state index contributed by atoms with van der Waals surface area (Å²) < 4.78 is 0. The third-order valence-corrected chi connectivity index (χ3v) is 3.79. The number of carboxylic acids is 1. The minimum absolute atomic E-state index is 0.0767. The third-order valence-electron chi connectivity index (χ3n) is 3.79. The highest BCUT2D eigenvalue weighted by molar-refractivity contribution is 6.61. The van der Waals surface area contributed by atoms with Crippen LogP contribution in [0.2, 0.25) is 0 Å². The van der Waals surface area contributed by atoms with E-state index in [-0.39, 0.29) is 6.42 Å². The molecule has 4 nitrogen and oxygen atoms in total. The molecule has 0 rings (SSSR count). The number of rotatable bonds is 16. The lowest BCUT2D eigenvalue weighted by atomic mass is 10.1. The quantitative estimate of drug-likeness (QED) is 0.174. The van der Waals surface area contributed by atoms with E-state index in [1.54, 1.807) is 12.2 Å².